The smallest absolute Gasteiger partial charge is 0.236 e. The SMILES string of the molecule is C=CCN1CC(C)(C)CNCC1=O. The molecule has 0 aliphatic carbocycles. The Morgan fingerprint density at radius 1 is 1.69 bits per heavy atom. The van der Waals surface area contributed by atoms with E-state index in [0.717, 1.165) is 13.1 Å². The van der Waals surface area contributed by atoms with E-state index in [9.17, 15) is 4.79 Å². The van der Waals surface area contributed by atoms with Gasteiger partial charge in [-0.2, -0.15) is 0 Å². The number of amides is 1. The van der Waals surface area contributed by atoms with E-state index in [0.29, 0.717) is 13.1 Å². The van der Waals surface area contributed by atoms with Gasteiger partial charge in [-0.05, 0) is 5.41 Å². The van der Waals surface area contributed by atoms with E-state index in [1.807, 2.05) is 4.90 Å². The fourth-order valence-electron chi connectivity index (χ4n) is 1.60. The summed E-state index contributed by atoms with van der Waals surface area (Å²) in [5.74, 6) is 0.172. The Morgan fingerprint density at radius 3 is 3.00 bits per heavy atom. The van der Waals surface area contributed by atoms with Crippen LogP contribution >= 0.6 is 0 Å². The molecule has 1 rings (SSSR count). The van der Waals surface area contributed by atoms with Crippen LogP contribution in [-0.2, 0) is 4.79 Å². The molecule has 3 nitrogen and oxygen atoms in total. The van der Waals surface area contributed by atoms with Crippen LogP contribution in [0.3, 0.4) is 0 Å². The molecule has 1 N–H and O–H groups in total. The van der Waals surface area contributed by atoms with Gasteiger partial charge in [-0.1, -0.05) is 19.9 Å². The standard InChI is InChI=1S/C10H18N2O/c1-4-5-12-8-10(2,3)7-11-6-9(12)13/h4,11H,1,5-8H2,2-3H3. The minimum absolute atomic E-state index is 0.162. The molecule has 1 aliphatic heterocycles. The number of carbonyl (C=O) groups is 1. The first-order valence-corrected chi connectivity index (χ1v) is 4.64. The highest BCUT2D eigenvalue weighted by molar-refractivity contribution is 5.78. The van der Waals surface area contributed by atoms with Gasteiger partial charge in [0.05, 0.1) is 6.54 Å². The lowest BCUT2D eigenvalue weighted by atomic mass is 9.93. The zero-order chi connectivity index (χ0) is 9.90. The Bertz CT molecular complexity index is 211. The minimum atomic E-state index is 0.162. The van der Waals surface area contributed by atoms with Crippen molar-refractivity contribution in [2.45, 2.75) is 13.8 Å². The molecule has 1 amide bonds. The largest absolute Gasteiger partial charge is 0.337 e. The molecule has 0 radical (unpaired) electrons. The van der Waals surface area contributed by atoms with Gasteiger partial charge in [0, 0.05) is 19.6 Å². The lowest BCUT2D eigenvalue weighted by Gasteiger charge is -2.28. The monoisotopic (exact) mass is 182 g/mol. The highest BCUT2D eigenvalue weighted by Gasteiger charge is 2.27. The fourth-order valence-corrected chi connectivity index (χ4v) is 1.60. The van der Waals surface area contributed by atoms with E-state index in [1.165, 1.54) is 0 Å². The molecule has 0 saturated carbocycles. The van der Waals surface area contributed by atoms with E-state index in [-0.39, 0.29) is 11.3 Å². The van der Waals surface area contributed by atoms with Gasteiger partial charge < -0.3 is 10.2 Å². The molecule has 0 aromatic rings. The molecule has 3 heteroatoms. The molecule has 0 spiro atoms. The van der Waals surface area contributed by atoms with Crippen LogP contribution in [0, 0.1) is 5.41 Å². The second-order valence-corrected chi connectivity index (χ2v) is 4.33. The predicted octanol–water partition coefficient (Wildman–Crippen LogP) is 0.630. The van der Waals surface area contributed by atoms with Crippen molar-refractivity contribution in [3.05, 3.63) is 12.7 Å². The van der Waals surface area contributed by atoms with Gasteiger partial charge in [0.1, 0.15) is 0 Å². The molecule has 0 aromatic heterocycles. The molecule has 1 heterocycles. The highest BCUT2D eigenvalue weighted by Crippen LogP contribution is 2.17. The summed E-state index contributed by atoms with van der Waals surface area (Å²) in [6.45, 7) is 10.8. The number of hydrogen-bond donors (Lipinski definition) is 1. The molecule has 0 aromatic carbocycles. The summed E-state index contributed by atoms with van der Waals surface area (Å²) in [7, 11) is 0. The Labute approximate surface area is 79.8 Å². The van der Waals surface area contributed by atoms with Crippen molar-refractivity contribution < 1.29 is 4.79 Å². The molecule has 1 saturated heterocycles. The maximum Gasteiger partial charge on any atom is 0.236 e. The average molecular weight is 182 g/mol. The highest BCUT2D eigenvalue weighted by atomic mass is 16.2. The van der Waals surface area contributed by atoms with Crippen molar-refractivity contribution in [3.63, 3.8) is 0 Å². The van der Waals surface area contributed by atoms with Crippen molar-refractivity contribution in [2.24, 2.45) is 5.41 Å². The molecule has 13 heavy (non-hydrogen) atoms. The third-order valence-corrected chi connectivity index (χ3v) is 2.20. The van der Waals surface area contributed by atoms with Crippen LogP contribution in [0.4, 0.5) is 0 Å². The third-order valence-electron chi connectivity index (χ3n) is 2.20. The lowest BCUT2D eigenvalue weighted by Crippen LogP contribution is -2.38. The van der Waals surface area contributed by atoms with Crippen molar-refractivity contribution in [1.82, 2.24) is 10.2 Å². The van der Waals surface area contributed by atoms with E-state index < -0.39 is 0 Å². The average Bonchev–Trinajstić information content (AvgIpc) is 2.12. The van der Waals surface area contributed by atoms with Gasteiger partial charge in [-0.3, -0.25) is 4.79 Å². The summed E-state index contributed by atoms with van der Waals surface area (Å²) in [6, 6.07) is 0. The summed E-state index contributed by atoms with van der Waals surface area (Å²) >= 11 is 0. The van der Waals surface area contributed by atoms with Crippen LogP contribution in [0.2, 0.25) is 0 Å². The second kappa shape index (κ2) is 3.92. The minimum Gasteiger partial charge on any atom is -0.337 e. The molecule has 1 aliphatic rings. The van der Waals surface area contributed by atoms with Crippen LogP contribution in [0.15, 0.2) is 12.7 Å². The quantitative estimate of drug-likeness (QED) is 0.635. The fraction of sp³-hybridized carbons (Fsp3) is 0.700. The first kappa shape index (κ1) is 10.3. The number of nitrogens with one attached hydrogen (secondary N) is 1. The van der Waals surface area contributed by atoms with Crippen molar-refractivity contribution in [2.75, 3.05) is 26.2 Å². The van der Waals surface area contributed by atoms with Gasteiger partial charge >= 0.3 is 0 Å². The molecule has 74 valence electrons. The lowest BCUT2D eigenvalue weighted by molar-refractivity contribution is -0.129. The van der Waals surface area contributed by atoms with Crippen molar-refractivity contribution in [3.8, 4) is 0 Å². The van der Waals surface area contributed by atoms with Gasteiger partial charge in [-0.15, -0.1) is 6.58 Å². The summed E-state index contributed by atoms with van der Waals surface area (Å²) in [4.78, 5) is 13.4. The number of rotatable bonds is 2. The predicted molar refractivity (Wildman–Crippen MR) is 53.4 cm³/mol. The molecule has 1 fully saturated rings. The molecule has 0 bridgehead atoms. The van der Waals surface area contributed by atoms with E-state index in [2.05, 4.69) is 25.7 Å². The molecule has 0 unspecified atom stereocenters. The number of carbonyl (C=O) groups excluding carboxylic acids is 1. The Balaban J connectivity index is 2.67. The molecular weight excluding hydrogens is 164 g/mol. The maximum absolute atomic E-state index is 11.5. The van der Waals surface area contributed by atoms with Gasteiger partial charge in [0.15, 0.2) is 0 Å². The van der Waals surface area contributed by atoms with Crippen LogP contribution in [0.1, 0.15) is 13.8 Å². The maximum atomic E-state index is 11.5. The van der Waals surface area contributed by atoms with Crippen LogP contribution in [-0.4, -0.2) is 37.0 Å². The second-order valence-electron chi connectivity index (χ2n) is 4.33. The van der Waals surface area contributed by atoms with E-state index in [4.69, 9.17) is 0 Å². The Morgan fingerprint density at radius 2 is 2.38 bits per heavy atom. The van der Waals surface area contributed by atoms with Crippen LogP contribution in [0.25, 0.3) is 0 Å². The van der Waals surface area contributed by atoms with Gasteiger partial charge in [0.2, 0.25) is 5.91 Å². The third kappa shape index (κ3) is 2.84. The summed E-state index contributed by atoms with van der Waals surface area (Å²) in [5.41, 5.74) is 0.162. The molecular formula is C10H18N2O. The normalized spacial score (nSPS) is 22.6. The summed E-state index contributed by atoms with van der Waals surface area (Å²) in [5, 5.41) is 3.15. The summed E-state index contributed by atoms with van der Waals surface area (Å²) in [6.07, 6.45) is 1.78. The summed E-state index contributed by atoms with van der Waals surface area (Å²) < 4.78 is 0. The van der Waals surface area contributed by atoms with Gasteiger partial charge in [0.25, 0.3) is 0 Å². The Hall–Kier alpha value is -0.830. The topological polar surface area (TPSA) is 32.3 Å². The van der Waals surface area contributed by atoms with Gasteiger partial charge in [-0.25, -0.2) is 0 Å². The van der Waals surface area contributed by atoms with E-state index in [1.54, 1.807) is 6.08 Å². The van der Waals surface area contributed by atoms with E-state index >= 15 is 0 Å². The van der Waals surface area contributed by atoms with Crippen LogP contribution < -0.4 is 5.32 Å². The zero-order valence-corrected chi connectivity index (χ0v) is 8.47. The van der Waals surface area contributed by atoms with Crippen LogP contribution in [0.5, 0.6) is 0 Å². The van der Waals surface area contributed by atoms with Crippen molar-refractivity contribution in [1.29, 1.82) is 0 Å². The Kier molecular flexibility index (Phi) is 3.09. The number of hydrogen-bond acceptors (Lipinski definition) is 2. The molecule has 0 atom stereocenters. The first-order valence-electron chi connectivity index (χ1n) is 4.64. The van der Waals surface area contributed by atoms with Crippen molar-refractivity contribution >= 4 is 5.91 Å². The zero-order valence-electron chi connectivity index (χ0n) is 8.47. The number of nitrogens with zero attached hydrogens (tertiary/aromatic N) is 1. The first-order chi connectivity index (χ1) is 6.05.